The van der Waals surface area contributed by atoms with Gasteiger partial charge in [0.2, 0.25) is 0 Å². The van der Waals surface area contributed by atoms with Gasteiger partial charge in [-0.3, -0.25) is 9.59 Å². The molecule has 0 bridgehead atoms. The number of ketones is 2. The van der Waals surface area contributed by atoms with Crippen LogP contribution < -0.4 is 0 Å². The Morgan fingerprint density at radius 3 is 2.33 bits per heavy atom. The number of Topliss-reactive ketones (excluding diaryl/α,β-unsaturated/α-hetero) is 2. The summed E-state index contributed by atoms with van der Waals surface area (Å²) >= 11 is 0. The van der Waals surface area contributed by atoms with Crippen molar-refractivity contribution < 1.29 is 14.7 Å². The van der Waals surface area contributed by atoms with E-state index in [1.807, 2.05) is 0 Å². The van der Waals surface area contributed by atoms with Gasteiger partial charge in [0.1, 0.15) is 11.4 Å². The molecule has 0 radical (unpaired) electrons. The van der Waals surface area contributed by atoms with Crippen molar-refractivity contribution in [2.75, 3.05) is 0 Å². The second-order valence-corrected chi connectivity index (χ2v) is 4.04. The molecule has 2 aliphatic carbocycles. The molecule has 0 spiro atoms. The molecule has 0 aliphatic heterocycles. The highest BCUT2D eigenvalue weighted by Gasteiger charge is 2.63. The van der Waals surface area contributed by atoms with Gasteiger partial charge in [0.25, 0.3) is 0 Å². The molecule has 0 aromatic carbocycles. The molecule has 66 valence electrons. The van der Waals surface area contributed by atoms with Crippen LogP contribution in [0.25, 0.3) is 0 Å². The maximum atomic E-state index is 11.4. The maximum absolute atomic E-state index is 11.4. The minimum Gasteiger partial charge on any atom is -0.381 e. The topological polar surface area (TPSA) is 54.4 Å². The first-order chi connectivity index (χ1) is 5.51. The zero-order valence-electron chi connectivity index (χ0n) is 7.09. The van der Waals surface area contributed by atoms with Gasteiger partial charge in [0.15, 0.2) is 5.78 Å². The molecule has 0 aromatic rings. The number of hydrogen-bond donors (Lipinski definition) is 1. The van der Waals surface area contributed by atoms with E-state index in [1.165, 1.54) is 0 Å². The van der Waals surface area contributed by atoms with Crippen LogP contribution in [0.2, 0.25) is 0 Å². The molecule has 1 N–H and O–H groups in total. The molecule has 2 fully saturated rings. The predicted octanol–water partition coefficient (Wildman–Crippen LogP) is 0.450. The normalized spacial score (nSPS) is 46.8. The summed E-state index contributed by atoms with van der Waals surface area (Å²) in [4.78, 5) is 22.7. The van der Waals surface area contributed by atoms with Crippen LogP contribution >= 0.6 is 0 Å². The van der Waals surface area contributed by atoms with E-state index in [4.69, 9.17) is 0 Å². The average Bonchev–Trinajstić information content (AvgIpc) is 2.39. The van der Waals surface area contributed by atoms with E-state index in [-0.39, 0.29) is 11.6 Å². The number of rotatable bonds is 0. The quantitative estimate of drug-likeness (QED) is 0.571. The van der Waals surface area contributed by atoms with Crippen LogP contribution in [-0.2, 0) is 9.59 Å². The lowest BCUT2D eigenvalue weighted by Gasteiger charge is -2.28. The Balaban J connectivity index is 2.50. The number of fused-ring (bicyclic) bond motifs is 1. The number of carbonyl (C=O) groups excluding carboxylic acids is 2. The fourth-order valence-electron chi connectivity index (χ4n) is 2.44. The Kier molecular flexibility index (Phi) is 1.30. The van der Waals surface area contributed by atoms with E-state index in [1.54, 1.807) is 6.92 Å². The van der Waals surface area contributed by atoms with Gasteiger partial charge in [-0.2, -0.15) is 0 Å². The molecule has 3 nitrogen and oxygen atoms in total. The fourth-order valence-corrected chi connectivity index (χ4v) is 2.44. The third-order valence-corrected chi connectivity index (χ3v) is 3.56. The van der Waals surface area contributed by atoms with Gasteiger partial charge >= 0.3 is 0 Å². The monoisotopic (exact) mass is 168 g/mol. The van der Waals surface area contributed by atoms with E-state index < -0.39 is 11.0 Å². The first kappa shape index (κ1) is 7.92. The minimum atomic E-state index is -1.32. The molecule has 0 unspecified atom stereocenters. The van der Waals surface area contributed by atoms with Gasteiger partial charge in [0, 0.05) is 12.8 Å². The van der Waals surface area contributed by atoms with E-state index in [2.05, 4.69) is 0 Å². The van der Waals surface area contributed by atoms with Gasteiger partial charge < -0.3 is 5.11 Å². The summed E-state index contributed by atoms with van der Waals surface area (Å²) in [7, 11) is 0. The van der Waals surface area contributed by atoms with E-state index in [0.717, 1.165) is 0 Å². The molecule has 2 saturated carbocycles. The molecule has 0 aromatic heterocycles. The van der Waals surface area contributed by atoms with Gasteiger partial charge in [-0.15, -0.1) is 0 Å². The van der Waals surface area contributed by atoms with Crippen LogP contribution in [0.1, 0.15) is 32.6 Å². The zero-order chi connectivity index (χ0) is 8.98. The number of hydrogen-bond acceptors (Lipinski definition) is 3. The molecular weight excluding hydrogens is 156 g/mol. The Hall–Kier alpha value is -0.700. The van der Waals surface area contributed by atoms with Gasteiger partial charge in [0.05, 0.1) is 5.41 Å². The van der Waals surface area contributed by atoms with Gasteiger partial charge in [-0.25, -0.2) is 0 Å². The van der Waals surface area contributed by atoms with Crippen molar-refractivity contribution in [3.8, 4) is 0 Å². The lowest BCUT2D eigenvalue weighted by molar-refractivity contribution is -0.145. The molecule has 2 atom stereocenters. The Labute approximate surface area is 70.8 Å². The predicted molar refractivity (Wildman–Crippen MR) is 41.5 cm³/mol. The van der Waals surface area contributed by atoms with Crippen molar-refractivity contribution in [3.05, 3.63) is 0 Å². The summed E-state index contributed by atoms with van der Waals surface area (Å²) in [6.07, 6.45) is 1.58. The van der Waals surface area contributed by atoms with E-state index in [0.29, 0.717) is 25.7 Å². The first-order valence-electron chi connectivity index (χ1n) is 4.30. The third kappa shape index (κ3) is 0.614. The maximum Gasteiger partial charge on any atom is 0.165 e. The summed E-state index contributed by atoms with van der Waals surface area (Å²) in [5, 5.41) is 9.96. The minimum absolute atomic E-state index is 0.0517. The summed E-state index contributed by atoms with van der Waals surface area (Å²) in [5.74, 6) is -0.0910. The molecular formula is C9H12O3. The number of aliphatic hydroxyl groups is 1. The highest BCUT2D eigenvalue weighted by Crippen LogP contribution is 2.52. The molecule has 2 rings (SSSR count). The number of carbonyl (C=O) groups is 2. The lowest BCUT2D eigenvalue weighted by atomic mass is 9.78. The summed E-state index contributed by atoms with van der Waals surface area (Å²) in [6, 6.07) is 0. The Bertz CT molecular complexity index is 243. The van der Waals surface area contributed by atoms with Crippen molar-refractivity contribution in [3.63, 3.8) is 0 Å². The van der Waals surface area contributed by atoms with Gasteiger partial charge in [-0.1, -0.05) is 0 Å². The summed E-state index contributed by atoms with van der Waals surface area (Å²) in [5.41, 5.74) is -2.08. The molecule has 2 aliphatic rings. The first-order valence-corrected chi connectivity index (χ1v) is 4.30. The molecule has 0 saturated heterocycles. The van der Waals surface area contributed by atoms with Crippen LogP contribution in [0.15, 0.2) is 0 Å². The van der Waals surface area contributed by atoms with Crippen molar-refractivity contribution >= 4 is 11.6 Å². The van der Waals surface area contributed by atoms with Crippen LogP contribution in [-0.4, -0.2) is 22.3 Å². The van der Waals surface area contributed by atoms with Crippen LogP contribution in [0.3, 0.4) is 0 Å². The van der Waals surface area contributed by atoms with Crippen LogP contribution in [0.4, 0.5) is 0 Å². The second kappa shape index (κ2) is 1.96. The van der Waals surface area contributed by atoms with Crippen molar-refractivity contribution in [1.82, 2.24) is 0 Å². The summed E-state index contributed by atoms with van der Waals surface area (Å²) < 4.78 is 0. The molecule has 0 heterocycles. The molecule has 3 heteroatoms. The van der Waals surface area contributed by atoms with Gasteiger partial charge in [-0.05, 0) is 19.8 Å². The smallest absolute Gasteiger partial charge is 0.165 e. The van der Waals surface area contributed by atoms with Crippen molar-refractivity contribution in [2.24, 2.45) is 5.41 Å². The molecule has 12 heavy (non-hydrogen) atoms. The highest BCUT2D eigenvalue weighted by atomic mass is 16.3. The standard InChI is InChI=1S/C9H12O3/c1-8-4-2-7(11)9(8,12)5-3-6(8)10/h12H,2-5H2,1H3/t8-,9+/m0/s1. The van der Waals surface area contributed by atoms with Crippen LogP contribution in [0, 0.1) is 5.41 Å². The van der Waals surface area contributed by atoms with E-state index in [9.17, 15) is 14.7 Å². The van der Waals surface area contributed by atoms with E-state index >= 15 is 0 Å². The van der Waals surface area contributed by atoms with Crippen molar-refractivity contribution in [1.29, 1.82) is 0 Å². The van der Waals surface area contributed by atoms with Crippen LogP contribution in [0.5, 0.6) is 0 Å². The highest BCUT2D eigenvalue weighted by molar-refractivity contribution is 6.03. The van der Waals surface area contributed by atoms with Crippen molar-refractivity contribution in [2.45, 2.75) is 38.2 Å². The summed E-state index contributed by atoms with van der Waals surface area (Å²) in [6.45, 7) is 1.72. The largest absolute Gasteiger partial charge is 0.381 e. The Morgan fingerprint density at radius 1 is 1.17 bits per heavy atom. The third-order valence-electron chi connectivity index (χ3n) is 3.56. The SMILES string of the molecule is C[C@@]12CCC(=O)[C@]1(O)CCC2=O. The molecule has 0 amide bonds. The lowest BCUT2D eigenvalue weighted by Crippen LogP contribution is -2.45. The Morgan fingerprint density at radius 2 is 1.75 bits per heavy atom. The average molecular weight is 168 g/mol. The fraction of sp³-hybridized carbons (Fsp3) is 0.778. The zero-order valence-corrected chi connectivity index (χ0v) is 7.09. The second-order valence-electron chi connectivity index (χ2n) is 4.04.